The molecule has 1 heterocycles. The zero-order valence-electron chi connectivity index (χ0n) is 21.3. The zero-order valence-corrected chi connectivity index (χ0v) is 23.8. The first-order valence-corrected chi connectivity index (χ1v) is 16.0. The number of amides is 1. The monoisotopic (exact) mass is 590 g/mol. The summed E-state index contributed by atoms with van der Waals surface area (Å²) in [5.74, 6) is -0.608. The molecule has 1 aliphatic rings. The Morgan fingerprint density at radius 1 is 0.974 bits per heavy atom. The SMILES string of the molecule is COc1ccc(S(=O)(=O)N2CCOCC2)cc1NC(=O)CN(c1ccc(S(=O)(=O)N(C)C)cc1)S(C)(=O)=O. The van der Waals surface area contributed by atoms with E-state index in [1.807, 2.05) is 0 Å². The Kier molecular flexibility index (Phi) is 9.05. The third-order valence-electron chi connectivity index (χ3n) is 5.64. The van der Waals surface area contributed by atoms with Crippen molar-refractivity contribution >= 4 is 47.4 Å². The highest BCUT2D eigenvalue weighted by molar-refractivity contribution is 7.92. The van der Waals surface area contributed by atoms with Gasteiger partial charge in [-0.15, -0.1) is 0 Å². The number of benzene rings is 2. The third-order valence-corrected chi connectivity index (χ3v) is 10.5. The van der Waals surface area contributed by atoms with Crippen LogP contribution < -0.4 is 14.4 Å². The van der Waals surface area contributed by atoms with E-state index in [9.17, 15) is 30.0 Å². The second kappa shape index (κ2) is 11.5. The van der Waals surface area contributed by atoms with Crippen LogP contribution in [0, 0.1) is 0 Å². The van der Waals surface area contributed by atoms with Crippen LogP contribution >= 0.6 is 0 Å². The summed E-state index contributed by atoms with van der Waals surface area (Å²) < 4.78 is 89.3. The van der Waals surface area contributed by atoms with Crippen molar-refractivity contribution in [2.24, 2.45) is 0 Å². The van der Waals surface area contributed by atoms with Gasteiger partial charge in [0.15, 0.2) is 0 Å². The summed E-state index contributed by atoms with van der Waals surface area (Å²) >= 11 is 0. The molecule has 0 bridgehead atoms. The van der Waals surface area contributed by atoms with Crippen LogP contribution in [0.4, 0.5) is 11.4 Å². The van der Waals surface area contributed by atoms with Gasteiger partial charge in [0.25, 0.3) is 0 Å². The largest absolute Gasteiger partial charge is 0.495 e. The molecule has 16 heteroatoms. The number of ether oxygens (including phenoxy) is 2. The topological polar surface area (TPSA) is 160 Å². The molecule has 1 fully saturated rings. The van der Waals surface area contributed by atoms with E-state index < -0.39 is 42.5 Å². The van der Waals surface area contributed by atoms with Crippen molar-refractivity contribution in [1.82, 2.24) is 8.61 Å². The number of carbonyl (C=O) groups is 1. The van der Waals surface area contributed by atoms with E-state index in [4.69, 9.17) is 9.47 Å². The van der Waals surface area contributed by atoms with Crippen LogP contribution in [0.5, 0.6) is 5.75 Å². The van der Waals surface area contributed by atoms with E-state index in [-0.39, 0.29) is 53.2 Å². The molecular formula is C22H30N4O9S3. The molecule has 0 atom stereocenters. The van der Waals surface area contributed by atoms with E-state index in [2.05, 4.69) is 5.32 Å². The minimum atomic E-state index is -3.96. The zero-order chi connectivity index (χ0) is 28.3. The van der Waals surface area contributed by atoms with Crippen molar-refractivity contribution in [3.8, 4) is 5.75 Å². The Morgan fingerprint density at radius 2 is 1.55 bits per heavy atom. The van der Waals surface area contributed by atoms with Crippen molar-refractivity contribution in [3.63, 3.8) is 0 Å². The molecule has 1 aliphatic heterocycles. The standard InChI is InChI=1S/C22H30N4O9S3/c1-24(2)37(30,31)18-7-5-17(6-8-18)26(36(4,28)29)16-22(27)23-20-15-19(9-10-21(20)34-3)38(32,33)25-11-13-35-14-12-25/h5-10,15H,11-14,16H2,1-4H3,(H,23,27). The second-order valence-electron chi connectivity index (χ2n) is 8.48. The molecule has 0 unspecified atom stereocenters. The fourth-order valence-corrected chi connectivity index (χ4v) is 6.79. The molecule has 0 radical (unpaired) electrons. The van der Waals surface area contributed by atoms with E-state index in [1.54, 1.807) is 0 Å². The lowest BCUT2D eigenvalue weighted by atomic mass is 10.3. The quantitative estimate of drug-likeness (QED) is 0.412. The molecule has 210 valence electrons. The first-order chi connectivity index (χ1) is 17.7. The minimum absolute atomic E-state index is 0.0349. The van der Waals surface area contributed by atoms with Gasteiger partial charge in [0.1, 0.15) is 12.3 Å². The molecule has 2 aromatic rings. The summed E-state index contributed by atoms with van der Waals surface area (Å²) in [6.07, 6.45) is 0.904. The Morgan fingerprint density at radius 3 is 2.08 bits per heavy atom. The van der Waals surface area contributed by atoms with Crippen LogP contribution in [0.1, 0.15) is 0 Å². The first kappa shape index (κ1) is 29.8. The van der Waals surface area contributed by atoms with Gasteiger partial charge < -0.3 is 14.8 Å². The number of methoxy groups -OCH3 is 1. The van der Waals surface area contributed by atoms with E-state index in [0.29, 0.717) is 0 Å². The number of anilines is 2. The van der Waals surface area contributed by atoms with Gasteiger partial charge in [-0.1, -0.05) is 0 Å². The lowest BCUT2D eigenvalue weighted by molar-refractivity contribution is -0.114. The molecule has 0 aliphatic carbocycles. The van der Waals surface area contributed by atoms with Crippen LogP contribution in [0.2, 0.25) is 0 Å². The molecule has 2 aromatic carbocycles. The number of nitrogens with zero attached hydrogens (tertiary/aromatic N) is 3. The van der Waals surface area contributed by atoms with Gasteiger partial charge in [0.2, 0.25) is 36.0 Å². The molecule has 13 nitrogen and oxygen atoms in total. The van der Waals surface area contributed by atoms with Crippen molar-refractivity contribution < 1.29 is 39.5 Å². The number of sulfonamides is 3. The lowest BCUT2D eigenvalue weighted by Gasteiger charge is -2.26. The summed E-state index contributed by atoms with van der Waals surface area (Å²) in [6.45, 7) is 0.245. The van der Waals surface area contributed by atoms with Gasteiger partial charge in [-0.2, -0.15) is 4.31 Å². The molecule has 38 heavy (non-hydrogen) atoms. The fraction of sp³-hybridized carbons (Fsp3) is 0.409. The van der Waals surface area contributed by atoms with E-state index >= 15 is 0 Å². The fourth-order valence-electron chi connectivity index (χ4n) is 3.60. The van der Waals surface area contributed by atoms with Crippen molar-refractivity contribution in [2.45, 2.75) is 9.79 Å². The van der Waals surface area contributed by atoms with E-state index in [0.717, 1.165) is 14.9 Å². The summed E-state index contributed by atoms with van der Waals surface area (Å²) in [5.41, 5.74) is 0.101. The summed E-state index contributed by atoms with van der Waals surface area (Å²) in [7, 11) is -7.50. The number of rotatable bonds is 10. The van der Waals surface area contributed by atoms with Gasteiger partial charge in [-0.05, 0) is 42.5 Å². The summed E-state index contributed by atoms with van der Waals surface area (Å²) in [4.78, 5) is 12.8. The average molecular weight is 591 g/mol. The summed E-state index contributed by atoms with van der Waals surface area (Å²) in [5, 5.41) is 2.52. The molecule has 0 spiro atoms. The number of morpholine rings is 1. The molecule has 1 N–H and O–H groups in total. The lowest BCUT2D eigenvalue weighted by Crippen LogP contribution is -2.40. The van der Waals surface area contributed by atoms with Crippen molar-refractivity contribution in [2.75, 3.05) is 69.9 Å². The van der Waals surface area contributed by atoms with Gasteiger partial charge in [0.05, 0.1) is 47.7 Å². The number of hydrogen-bond acceptors (Lipinski definition) is 9. The van der Waals surface area contributed by atoms with Crippen LogP contribution in [-0.4, -0.2) is 100 Å². The summed E-state index contributed by atoms with van der Waals surface area (Å²) in [6, 6.07) is 9.02. The maximum atomic E-state index is 13.0. The molecule has 0 aromatic heterocycles. The van der Waals surface area contributed by atoms with Gasteiger partial charge in [0, 0.05) is 27.2 Å². The molecular weight excluding hydrogens is 560 g/mol. The Hall–Kier alpha value is -2.76. The van der Waals surface area contributed by atoms with E-state index in [1.165, 1.54) is 68.0 Å². The highest BCUT2D eigenvalue weighted by atomic mass is 32.2. The highest BCUT2D eigenvalue weighted by Gasteiger charge is 2.28. The molecule has 1 amide bonds. The third kappa shape index (κ3) is 6.62. The predicted molar refractivity (Wildman–Crippen MR) is 141 cm³/mol. The first-order valence-electron chi connectivity index (χ1n) is 11.2. The predicted octanol–water partition coefficient (Wildman–Crippen LogP) is 0.371. The van der Waals surface area contributed by atoms with Crippen LogP contribution in [-0.2, 0) is 39.6 Å². The van der Waals surface area contributed by atoms with Crippen molar-refractivity contribution in [3.05, 3.63) is 42.5 Å². The van der Waals surface area contributed by atoms with Crippen LogP contribution in [0.15, 0.2) is 52.3 Å². The maximum absolute atomic E-state index is 13.0. The second-order valence-corrected chi connectivity index (χ2v) is 14.5. The number of nitrogens with one attached hydrogen (secondary N) is 1. The van der Waals surface area contributed by atoms with Gasteiger partial charge in [-0.3, -0.25) is 9.10 Å². The number of hydrogen-bond donors (Lipinski definition) is 1. The maximum Gasteiger partial charge on any atom is 0.245 e. The normalized spacial score (nSPS) is 15.3. The minimum Gasteiger partial charge on any atom is -0.495 e. The Labute approximate surface area is 223 Å². The van der Waals surface area contributed by atoms with Crippen molar-refractivity contribution in [1.29, 1.82) is 0 Å². The number of carbonyl (C=O) groups excluding carboxylic acids is 1. The van der Waals surface area contributed by atoms with Gasteiger partial charge in [-0.25, -0.2) is 29.6 Å². The molecule has 3 rings (SSSR count). The average Bonchev–Trinajstić information content (AvgIpc) is 2.87. The van der Waals surface area contributed by atoms with Crippen LogP contribution in [0.3, 0.4) is 0 Å². The molecule has 0 saturated carbocycles. The smallest absolute Gasteiger partial charge is 0.245 e. The van der Waals surface area contributed by atoms with Crippen LogP contribution in [0.25, 0.3) is 0 Å². The molecule has 1 saturated heterocycles. The van der Waals surface area contributed by atoms with Gasteiger partial charge >= 0.3 is 0 Å². The Balaban J connectivity index is 1.86. The Bertz CT molecular complexity index is 1480. The highest BCUT2D eigenvalue weighted by Crippen LogP contribution is 2.30.